The monoisotopic (exact) mass is 251 g/mol. The van der Waals surface area contributed by atoms with E-state index < -0.39 is 0 Å². The van der Waals surface area contributed by atoms with Gasteiger partial charge in [-0.1, -0.05) is 26.2 Å². The molecule has 0 aromatic carbocycles. The minimum atomic E-state index is 0.304. The summed E-state index contributed by atoms with van der Waals surface area (Å²) in [6.45, 7) is 6.09. The molecule has 1 fully saturated rings. The Morgan fingerprint density at radius 2 is 2.00 bits per heavy atom. The summed E-state index contributed by atoms with van der Waals surface area (Å²) in [5, 5.41) is 3.59. The van der Waals surface area contributed by atoms with Gasteiger partial charge in [0.25, 0.3) is 0 Å². The Morgan fingerprint density at radius 3 is 2.56 bits per heavy atom. The average molecular weight is 251 g/mol. The van der Waals surface area contributed by atoms with Gasteiger partial charge in [-0.3, -0.25) is 0 Å². The average Bonchev–Trinajstić information content (AvgIpc) is 2.42. The van der Waals surface area contributed by atoms with Crippen molar-refractivity contribution in [3.63, 3.8) is 0 Å². The highest BCUT2D eigenvalue weighted by molar-refractivity contribution is 4.95. The molecule has 0 radical (unpaired) electrons. The molecule has 1 N–H and O–H groups in total. The van der Waals surface area contributed by atoms with Crippen molar-refractivity contribution in [2.24, 2.45) is 5.92 Å². The van der Waals surface area contributed by atoms with Gasteiger partial charge in [0.2, 0.25) is 0 Å². The highest BCUT2D eigenvalue weighted by Crippen LogP contribution is 2.30. The van der Waals surface area contributed by atoms with E-state index in [4.69, 9.17) is 11.2 Å². The van der Waals surface area contributed by atoms with E-state index in [1.165, 1.54) is 32.1 Å². The SMILES string of the molecule is C#CCC(NCCC)C(OCC)C1CCCCC1. The molecule has 2 heteroatoms. The largest absolute Gasteiger partial charge is 0.377 e. The van der Waals surface area contributed by atoms with Crippen molar-refractivity contribution in [2.45, 2.75) is 70.9 Å². The van der Waals surface area contributed by atoms with Crippen molar-refractivity contribution in [2.75, 3.05) is 13.2 Å². The lowest BCUT2D eigenvalue weighted by Crippen LogP contribution is -2.46. The molecule has 0 heterocycles. The van der Waals surface area contributed by atoms with Crippen molar-refractivity contribution in [3.05, 3.63) is 0 Å². The second kappa shape index (κ2) is 9.42. The summed E-state index contributed by atoms with van der Waals surface area (Å²) >= 11 is 0. The normalized spacial score (nSPS) is 20.3. The second-order valence-electron chi connectivity index (χ2n) is 5.29. The fourth-order valence-electron chi connectivity index (χ4n) is 3.00. The molecule has 2 atom stereocenters. The molecule has 0 amide bonds. The van der Waals surface area contributed by atoms with E-state index in [2.05, 4.69) is 25.1 Å². The van der Waals surface area contributed by atoms with E-state index in [9.17, 15) is 0 Å². The predicted molar refractivity (Wildman–Crippen MR) is 77.5 cm³/mol. The molecule has 0 saturated heterocycles. The van der Waals surface area contributed by atoms with Crippen LogP contribution in [0.1, 0.15) is 58.8 Å². The summed E-state index contributed by atoms with van der Waals surface area (Å²) in [6, 6.07) is 0.331. The van der Waals surface area contributed by atoms with Crippen LogP contribution in [0.4, 0.5) is 0 Å². The molecule has 2 unspecified atom stereocenters. The molecule has 1 rings (SSSR count). The number of hydrogen-bond acceptors (Lipinski definition) is 2. The summed E-state index contributed by atoms with van der Waals surface area (Å²) in [7, 11) is 0. The van der Waals surface area contributed by atoms with Crippen LogP contribution in [-0.2, 0) is 4.74 Å². The Hall–Kier alpha value is -0.520. The van der Waals surface area contributed by atoms with Crippen LogP contribution in [0.5, 0.6) is 0 Å². The van der Waals surface area contributed by atoms with E-state index in [1.807, 2.05) is 0 Å². The van der Waals surface area contributed by atoms with Gasteiger partial charge in [0.05, 0.1) is 6.10 Å². The van der Waals surface area contributed by atoms with Gasteiger partial charge in [0.1, 0.15) is 0 Å². The van der Waals surface area contributed by atoms with Crippen LogP contribution in [0.25, 0.3) is 0 Å². The molecule has 1 aliphatic rings. The first kappa shape index (κ1) is 15.5. The Labute approximate surface area is 113 Å². The quantitative estimate of drug-likeness (QED) is 0.668. The topological polar surface area (TPSA) is 21.3 Å². The molecule has 0 bridgehead atoms. The van der Waals surface area contributed by atoms with E-state index in [-0.39, 0.29) is 0 Å². The van der Waals surface area contributed by atoms with Gasteiger partial charge >= 0.3 is 0 Å². The van der Waals surface area contributed by atoms with Crippen LogP contribution in [0.15, 0.2) is 0 Å². The highest BCUT2D eigenvalue weighted by atomic mass is 16.5. The first-order valence-corrected chi connectivity index (χ1v) is 7.61. The van der Waals surface area contributed by atoms with Crippen molar-refractivity contribution in [3.8, 4) is 12.3 Å². The molecule has 104 valence electrons. The molecule has 2 nitrogen and oxygen atoms in total. The third-order valence-electron chi connectivity index (χ3n) is 3.86. The molecular weight excluding hydrogens is 222 g/mol. The zero-order valence-corrected chi connectivity index (χ0v) is 12.1. The van der Waals surface area contributed by atoms with Crippen LogP contribution >= 0.6 is 0 Å². The van der Waals surface area contributed by atoms with E-state index >= 15 is 0 Å². The Bertz CT molecular complexity index is 240. The fourth-order valence-corrected chi connectivity index (χ4v) is 3.00. The zero-order chi connectivity index (χ0) is 13.2. The first-order valence-electron chi connectivity index (χ1n) is 7.61. The molecule has 1 aliphatic carbocycles. The molecule has 18 heavy (non-hydrogen) atoms. The molecule has 1 saturated carbocycles. The Balaban J connectivity index is 2.61. The molecule has 0 spiro atoms. The Kier molecular flexibility index (Phi) is 8.13. The highest BCUT2D eigenvalue weighted by Gasteiger charge is 2.30. The maximum Gasteiger partial charge on any atom is 0.0765 e. The van der Waals surface area contributed by atoms with Crippen molar-refractivity contribution >= 4 is 0 Å². The number of nitrogens with one attached hydrogen (secondary N) is 1. The molecular formula is C16H29NO. The summed E-state index contributed by atoms with van der Waals surface area (Å²) in [5.74, 6) is 3.51. The number of hydrogen-bond donors (Lipinski definition) is 1. The molecule has 0 aromatic rings. The lowest BCUT2D eigenvalue weighted by Gasteiger charge is -2.35. The van der Waals surface area contributed by atoms with E-state index in [0.29, 0.717) is 18.1 Å². The van der Waals surface area contributed by atoms with Gasteiger partial charge in [-0.25, -0.2) is 0 Å². The van der Waals surface area contributed by atoms with Gasteiger partial charge in [-0.15, -0.1) is 12.3 Å². The zero-order valence-electron chi connectivity index (χ0n) is 12.1. The molecule has 0 aromatic heterocycles. The number of ether oxygens (including phenoxy) is 1. The van der Waals surface area contributed by atoms with Crippen LogP contribution < -0.4 is 5.32 Å². The van der Waals surface area contributed by atoms with Crippen molar-refractivity contribution in [1.29, 1.82) is 0 Å². The lowest BCUT2D eigenvalue weighted by atomic mass is 9.82. The second-order valence-corrected chi connectivity index (χ2v) is 5.29. The third kappa shape index (κ3) is 5.00. The van der Waals surface area contributed by atoms with Gasteiger partial charge in [-0.2, -0.15) is 0 Å². The van der Waals surface area contributed by atoms with Crippen molar-refractivity contribution in [1.82, 2.24) is 5.32 Å². The van der Waals surface area contributed by atoms with Gasteiger partial charge < -0.3 is 10.1 Å². The predicted octanol–water partition coefficient (Wildman–Crippen LogP) is 3.36. The minimum absolute atomic E-state index is 0.304. The van der Waals surface area contributed by atoms with Crippen LogP contribution in [0.3, 0.4) is 0 Å². The van der Waals surface area contributed by atoms with Gasteiger partial charge in [-0.05, 0) is 38.6 Å². The number of terminal acetylenes is 1. The fraction of sp³-hybridized carbons (Fsp3) is 0.875. The summed E-state index contributed by atoms with van der Waals surface area (Å²) < 4.78 is 6.04. The molecule has 0 aliphatic heterocycles. The van der Waals surface area contributed by atoms with Crippen molar-refractivity contribution < 1.29 is 4.74 Å². The number of rotatable bonds is 8. The van der Waals surface area contributed by atoms with Gasteiger partial charge in [0.15, 0.2) is 0 Å². The van der Waals surface area contributed by atoms with E-state index in [1.54, 1.807) is 0 Å². The minimum Gasteiger partial charge on any atom is -0.377 e. The summed E-state index contributed by atoms with van der Waals surface area (Å²) in [6.07, 6.45) is 14.4. The smallest absolute Gasteiger partial charge is 0.0765 e. The summed E-state index contributed by atoms with van der Waals surface area (Å²) in [4.78, 5) is 0. The van der Waals surface area contributed by atoms with Crippen LogP contribution in [0.2, 0.25) is 0 Å². The van der Waals surface area contributed by atoms with Crippen LogP contribution in [-0.4, -0.2) is 25.3 Å². The first-order chi connectivity index (χ1) is 8.83. The standard InChI is InChI=1S/C16H29NO/c1-4-10-15(17-13-5-2)16(18-6-3)14-11-8-7-9-12-14/h1,14-17H,5-13H2,2-3H3. The maximum absolute atomic E-state index is 6.04. The lowest BCUT2D eigenvalue weighted by molar-refractivity contribution is -0.0164. The Morgan fingerprint density at radius 1 is 1.28 bits per heavy atom. The maximum atomic E-state index is 6.04. The van der Waals surface area contributed by atoms with Gasteiger partial charge in [0, 0.05) is 19.1 Å². The van der Waals surface area contributed by atoms with Crippen LogP contribution in [0, 0.1) is 18.3 Å². The summed E-state index contributed by atoms with van der Waals surface area (Å²) in [5.41, 5.74) is 0. The van der Waals surface area contributed by atoms with E-state index in [0.717, 1.165) is 26.0 Å². The third-order valence-corrected chi connectivity index (χ3v) is 3.86.